The van der Waals surface area contributed by atoms with Gasteiger partial charge in [0.15, 0.2) is 0 Å². The first-order chi connectivity index (χ1) is 14.3. The lowest BCUT2D eigenvalue weighted by molar-refractivity contribution is 1.10. The highest BCUT2D eigenvalue weighted by molar-refractivity contribution is 6.30. The van der Waals surface area contributed by atoms with E-state index in [1.54, 1.807) is 0 Å². The molecular weight excluding hydrogens is 382 g/mol. The van der Waals surface area contributed by atoms with Crippen LogP contribution < -0.4 is 5.32 Å². The van der Waals surface area contributed by atoms with Crippen LogP contribution in [0.25, 0.3) is 33.4 Å². The van der Waals surface area contributed by atoms with E-state index in [4.69, 9.17) is 16.6 Å². The SMILES string of the molecule is Clc1cccc(-c2cn[nH]c2-c2c[nH]c3nc(NCc4ccccc4)ccc23)c1. The van der Waals surface area contributed by atoms with Crippen LogP contribution in [0.2, 0.25) is 5.02 Å². The number of hydrogen-bond donors (Lipinski definition) is 3. The summed E-state index contributed by atoms with van der Waals surface area (Å²) in [6, 6.07) is 22.1. The molecule has 0 radical (unpaired) electrons. The van der Waals surface area contributed by atoms with Gasteiger partial charge in [-0.15, -0.1) is 0 Å². The summed E-state index contributed by atoms with van der Waals surface area (Å²) in [6.45, 7) is 0.729. The van der Waals surface area contributed by atoms with Crippen LogP contribution in [0, 0.1) is 0 Å². The predicted octanol–water partition coefficient (Wildman–Crippen LogP) is 5.89. The van der Waals surface area contributed by atoms with E-state index in [0.29, 0.717) is 5.02 Å². The molecule has 3 aromatic heterocycles. The highest BCUT2D eigenvalue weighted by Gasteiger charge is 2.15. The van der Waals surface area contributed by atoms with Crippen molar-refractivity contribution in [3.8, 4) is 22.4 Å². The van der Waals surface area contributed by atoms with Crippen molar-refractivity contribution in [1.82, 2.24) is 20.2 Å². The molecule has 3 N–H and O–H groups in total. The van der Waals surface area contributed by atoms with Gasteiger partial charge in [0, 0.05) is 34.3 Å². The van der Waals surface area contributed by atoms with E-state index in [-0.39, 0.29) is 0 Å². The number of H-pyrrole nitrogens is 2. The molecule has 5 rings (SSSR count). The predicted molar refractivity (Wildman–Crippen MR) is 118 cm³/mol. The summed E-state index contributed by atoms with van der Waals surface area (Å²) in [4.78, 5) is 8.00. The van der Waals surface area contributed by atoms with E-state index in [1.165, 1.54) is 5.56 Å². The van der Waals surface area contributed by atoms with Gasteiger partial charge in [0.2, 0.25) is 0 Å². The van der Waals surface area contributed by atoms with Crippen molar-refractivity contribution in [1.29, 1.82) is 0 Å². The second kappa shape index (κ2) is 7.45. The molecule has 0 saturated heterocycles. The maximum atomic E-state index is 6.17. The largest absolute Gasteiger partial charge is 0.366 e. The molecule has 0 aliphatic carbocycles. The summed E-state index contributed by atoms with van der Waals surface area (Å²) in [5, 5.41) is 12.5. The van der Waals surface area contributed by atoms with E-state index < -0.39 is 0 Å². The van der Waals surface area contributed by atoms with Gasteiger partial charge in [-0.25, -0.2) is 4.98 Å². The standard InChI is InChI=1S/C23H18ClN5/c24-17-8-4-7-16(11-17)19-14-27-29-22(19)20-13-26-23-18(20)9-10-21(28-23)25-12-15-5-2-1-3-6-15/h1-11,13-14H,12H2,(H,27,29)(H2,25,26,28). The van der Waals surface area contributed by atoms with Crippen LogP contribution in [0.3, 0.4) is 0 Å². The Balaban J connectivity index is 1.46. The first kappa shape index (κ1) is 17.5. The molecule has 5 nitrogen and oxygen atoms in total. The van der Waals surface area contributed by atoms with Crippen molar-refractivity contribution in [2.45, 2.75) is 6.54 Å². The third-order valence-electron chi connectivity index (χ3n) is 4.90. The molecule has 0 unspecified atom stereocenters. The number of anilines is 1. The van der Waals surface area contributed by atoms with Crippen LogP contribution in [0.15, 0.2) is 79.1 Å². The smallest absolute Gasteiger partial charge is 0.140 e. The Morgan fingerprint density at radius 2 is 1.83 bits per heavy atom. The second-order valence-corrected chi connectivity index (χ2v) is 7.24. The number of aromatic nitrogens is 4. The van der Waals surface area contributed by atoms with Crippen molar-refractivity contribution < 1.29 is 0 Å². The number of aromatic amines is 2. The summed E-state index contributed by atoms with van der Waals surface area (Å²) >= 11 is 6.17. The van der Waals surface area contributed by atoms with Crippen molar-refractivity contribution in [3.05, 3.63) is 89.7 Å². The first-order valence-corrected chi connectivity index (χ1v) is 9.71. The minimum absolute atomic E-state index is 0.698. The normalized spacial score (nSPS) is 11.1. The zero-order chi connectivity index (χ0) is 19.6. The van der Waals surface area contributed by atoms with Crippen molar-refractivity contribution in [2.75, 3.05) is 5.32 Å². The molecule has 0 saturated carbocycles. The Morgan fingerprint density at radius 3 is 2.69 bits per heavy atom. The molecule has 0 aliphatic rings. The third kappa shape index (κ3) is 3.48. The van der Waals surface area contributed by atoms with Gasteiger partial charge in [0.1, 0.15) is 11.5 Å². The highest BCUT2D eigenvalue weighted by atomic mass is 35.5. The minimum atomic E-state index is 0.698. The fourth-order valence-corrected chi connectivity index (χ4v) is 3.66. The molecule has 0 bridgehead atoms. The van der Waals surface area contributed by atoms with E-state index in [0.717, 1.165) is 45.8 Å². The van der Waals surface area contributed by atoms with Gasteiger partial charge in [-0.05, 0) is 35.4 Å². The summed E-state index contributed by atoms with van der Waals surface area (Å²) in [6.07, 6.45) is 3.78. The zero-order valence-electron chi connectivity index (χ0n) is 15.5. The van der Waals surface area contributed by atoms with E-state index >= 15 is 0 Å². The van der Waals surface area contributed by atoms with Gasteiger partial charge in [-0.1, -0.05) is 54.1 Å². The Labute approximate surface area is 172 Å². The number of halogens is 1. The topological polar surface area (TPSA) is 69.4 Å². The lowest BCUT2D eigenvalue weighted by Gasteiger charge is -2.06. The van der Waals surface area contributed by atoms with Crippen molar-refractivity contribution in [3.63, 3.8) is 0 Å². The average Bonchev–Trinajstić information content (AvgIpc) is 3.39. The van der Waals surface area contributed by atoms with Gasteiger partial charge in [0.05, 0.1) is 11.9 Å². The number of rotatable bonds is 5. The molecule has 0 atom stereocenters. The van der Waals surface area contributed by atoms with Gasteiger partial charge in [0.25, 0.3) is 0 Å². The van der Waals surface area contributed by atoms with E-state index in [1.807, 2.05) is 60.9 Å². The summed E-state index contributed by atoms with van der Waals surface area (Å²) in [7, 11) is 0. The molecule has 142 valence electrons. The Hall–Kier alpha value is -3.57. The number of nitrogens with zero attached hydrogens (tertiary/aromatic N) is 2. The summed E-state index contributed by atoms with van der Waals surface area (Å²) in [5.74, 6) is 0.828. The molecule has 6 heteroatoms. The number of benzene rings is 2. The van der Waals surface area contributed by atoms with E-state index in [9.17, 15) is 0 Å². The highest BCUT2D eigenvalue weighted by Crippen LogP contribution is 2.35. The summed E-state index contributed by atoms with van der Waals surface area (Å²) < 4.78 is 0. The molecule has 0 aliphatic heterocycles. The fraction of sp³-hybridized carbons (Fsp3) is 0.0435. The quantitative estimate of drug-likeness (QED) is 0.345. The Kier molecular flexibility index (Phi) is 4.50. The van der Waals surface area contributed by atoms with Crippen LogP contribution in [0.5, 0.6) is 0 Å². The first-order valence-electron chi connectivity index (χ1n) is 9.33. The molecule has 0 spiro atoms. The molecule has 0 fully saturated rings. The number of nitrogens with one attached hydrogen (secondary N) is 3. The molecule has 29 heavy (non-hydrogen) atoms. The maximum absolute atomic E-state index is 6.17. The van der Waals surface area contributed by atoms with Crippen molar-refractivity contribution in [2.24, 2.45) is 0 Å². The maximum Gasteiger partial charge on any atom is 0.140 e. The van der Waals surface area contributed by atoms with Gasteiger partial charge in [-0.2, -0.15) is 5.10 Å². The van der Waals surface area contributed by atoms with Crippen molar-refractivity contribution >= 4 is 28.5 Å². The monoisotopic (exact) mass is 399 g/mol. The molecular formula is C23H18ClN5. The van der Waals surface area contributed by atoms with Crippen LogP contribution in [0.1, 0.15) is 5.56 Å². The number of fused-ring (bicyclic) bond motifs is 1. The third-order valence-corrected chi connectivity index (χ3v) is 5.13. The van der Waals surface area contributed by atoms with Gasteiger partial charge >= 0.3 is 0 Å². The molecule has 5 aromatic rings. The molecule has 2 aromatic carbocycles. The number of hydrogen-bond acceptors (Lipinski definition) is 3. The van der Waals surface area contributed by atoms with Crippen LogP contribution in [-0.4, -0.2) is 20.2 Å². The van der Waals surface area contributed by atoms with E-state index in [2.05, 4.69) is 38.7 Å². The Bertz CT molecular complexity index is 1270. The van der Waals surface area contributed by atoms with Gasteiger partial charge < -0.3 is 10.3 Å². The summed E-state index contributed by atoms with van der Waals surface area (Å²) in [5.41, 5.74) is 6.01. The molecule has 0 amide bonds. The minimum Gasteiger partial charge on any atom is -0.366 e. The van der Waals surface area contributed by atoms with Crippen LogP contribution in [-0.2, 0) is 6.54 Å². The van der Waals surface area contributed by atoms with Gasteiger partial charge in [-0.3, -0.25) is 5.10 Å². The average molecular weight is 400 g/mol. The van der Waals surface area contributed by atoms with Crippen LogP contribution >= 0.6 is 11.6 Å². The second-order valence-electron chi connectivity index (χ2n) is 6.80. The van der Waals surface area contributed by atoms with Crippen LogP contribution in [0.4, 0.5) is 5.82 Å². The lowest BCUT2D eigenvalue weighted by Crippen LogP contribution is -2.00. The zero-order valence-corrected chi connectivity index (χ0v) is 16.2. The molecule has 3 heterocycles. The lowest BCUT2D eigenvalue weighted by atomic mass is 10.0. The fourth-order valence-electron chi connectivity index (χ4n) is 3.46. The number of pyridine rings is 1. The Morgan fingerprint density at radius 1 is 0.931 bits per heavy atom.